The van der Waals surface area contributed by atoms with E-state index in [4.69, 9.17) is 34.8 Å². The summed E-state index contributed by atoms with van der Waals surface area (Å²) >= 11 is 14.7. The molecule has 0 N–H and O–H groups in total. The summed E-state index contributed by atoms with van der Waals surface area (Å²) in [7, 11) is 0. The zero-order valence-electron chi connectivity index (χ0n) is 11.4. The quantitative estimate of drug-likeness (QED) is 0.289. The molecule has 0 nitrogen and oxygen atoms in total. The minimum absolute atomic E-state index is 0.0846. The molecule has 1 atom stereocenters. The first kappa shape index (κ1) is 25.7. The van der Waals surface area contributed by atoms with E-state index < -0.39 is 52.1 Å². The molecular formula is C10H4Cl3F13. The first-order valence-electron chi connectivity index (χ1n) is 5.69. The topological polar surface area (TPSA) is 0 Å². The van der Waals surface area contributed by atoms with Crippen molar-refractivity contribution in [3.63, 3.8) is 0 Å². The Hall–Kier alpha value is -0.300. The Morgan fingerprint density at radius 1 is 0.654 bits per heavy atom. The highest BCUT2D eigenvalue weighted by molar-refractivity contribution is 6.56. The summed E-state index contributed by atoms with van der Waals surface area (Å²) in [6.45, 7) is 0. The van der Waals surface area contributed by atoms with E-state index in [0.29, 0.717) is 0 Å². The predicted octanol–water partition coefficient (Wildman–Crippen LogP) is 7.25. The van der Waals surface area contributed by atoms with Crippen molar-refractivity contribution in [3.05, 3.63) is 10.6 Å². The van der Waals surface area contributed by atoms with Crippen molar-refractivity contribution in [3.8, 4) is 0 Å². The predicted molar refractivity (Wildman–Crippen MR) is 64.5 cm³/mol. The maximum Gasteiger partial charge on any atom is 0.459 e. The van der Waals surface area contributed by atoms with Gasteiger partial charge in [0.25, 0.3) is 0 Å². The Morgan fingerprint density at radius 3 is 1.23 bits per heavy atom. The van der Waals surface area contributed by atoms with E-state index in [2.05, 4.69) is 0 Å². The summed E-state index contributed by atoms with van der Waals surface area (Å²) in [5.41, 5.74) is -6.88. The average Bonchev–Trinajstić information content (AvgIpc) is 2.29. The summed E-state index contributed by atoms with van der Waals surface area (Å²) in [5, 5.41) is -2.84. The molecule has 0 spiro atoms. The standard InChI is InChI=1S/C10H4Cl3F13/c11-3(1-4(12)13)2-5(8(18,19)20,9(21,22)23)6(14,15)7(16,17)10(24,25)26/h1,3H,2H2. The number of allylic oxidation sites excluding steroid dienone is 1. The monoisotopic (exact) mass is 476 g/mol. The molecule has 26 heavy (non-hydrogen) atoms. The van der Waals surface area contributed by atoms with Gasteiger partial charge in [-0.2, -0.15) is 57.1 Å². The highest BCUT2D eigenvalue weighted by Crippen LogP contribution is 2.67. The van der Waals surface area contributed by atoms with Gasteiger partial charge < -0.3 is 0 Å². The summed E-state index contributed by atoms with van der Waals surface area (Å²) in [6.07, 6.45) is -25.4. The van der Waals surface area contributed by atoms with Gasteiger partial charge in [-0.15, -0.1) is 11.6 Å². The van der Waals surface area contributed by atoms with Crippen LogP contribution in [-0.4, -0.2) is 35.8 Å². The van der Waals surface area contributed by atoms with Crippen LogP contribution in [0.4, 0.5) is 57.1 Å². The van der Waals surface area contributed by atoms with Gasteiger partial charge in [-0.1, -0.05) is 23.2 Å². The first-order chi connectivity index (χ1) is 11.1. The fourth-order valence-corrected chi connectivity index (χ4v) is 2.60. The molecule has 0 aliphatic rings. The van der Waals surface area contributed by atoms with E-state index in [9.17, 15) is 57.1 Å². The van der Waals surface area contributed by atoms with E-state index >= 15 is 0 Å². The van der Waals surface area contributed by atoms with Crippen LogP contribution in [0.15, 0.2) is 10.6 Å². The van der Waals surface area contributed by atoms with E-state index in [0.717, 1.165) is 0 Å². The lowest BCUT2D eigenvalue weighted by molar-refractivity contribution is -0.461. The molecule has 0 fully saturated rings. The van der Waals surface area contributed by atoms with Gasteiger partial charge in [0.15, 0.2) is 0 Å². The maximum atomic E-state index is 13.7. The number of hydrogen-bond acceptors (Lipinski definition) is 0. The molecule has 16 heteroatoms. The Morgan fingerprint density at radius 2 is 1.00 bits per heavy atom. The smallest absolute Gasteiger partial charge is 0.198 e. The van der Waals surface area contributed by atoms with Crippen LogP contribution in [0.5, 0.6) is 0 Å². The Bertz CT molecular complexity index is 510. The van der Waals surface area contributed by atoms with Crippen molar-refractivity contribution in [2.24, 2.45) is 5.41 Å². The fourth-order valence-electron chi connectivity index (χ4n) is 1.81. The molecule has 0 radical (unpaired) electrons. The molecule has 0 aliphatic heterocycles. The number of hydrogen-bond donors (Lipinski definition) is 0. The first-order valence-corrected chi connectivity index (χ1v) is 6.88. The molecule has 1 unspecified atom stereocenters. The summed E-state index contributed by atoms with van der Waals surface area (Å²) in [4.78, 5) is 0. The molecule has 0 rings (SSSR count). The Kier molecular flexibility index (Phi) is 7.18. The van der Waals surface area contributed by atoms with Crippen LogP contribution in [0.2, 0.25) is 0 Å². The minimum atomic E-state index is -7.73. The number of halogens is 16. The summed E-state index contributed by atoms with van der Waals surface area (Å²) < 4.78 is 166. The average molecular weight is 477 g/mol. The fraction of sp³-hybridized carbons (Fsp3) is 0.800. The zero-order chi connectivity index (χ0) is 21.6. The molecule has 0 saturated carbocycles. The van der Waals surface area contributed by atoms with E-state index in [1.165, 1.54) is 0 Å². The van der Waals surface area contributed by atoms with Crippen LogP contribution >= 0.6 is 34.8 Å². The largest absolute Gasteiger partial charge is 0.459 e. The lowest BCUT2D eigenvalue weighted by Crippen LogP contribution is -2.70. The highest BCUT2D eigenvalue weighted by atomic mass is 35.5. The van der Waals surface area contributed by atoms with Gasteiger partial charge in [0, 0.05) is 0 Å². The molecule has 156 valence electrons. The van der Waals surface area contributed by atoms with E-state index in [-0.39, 0.29) is 6.08 Å². The lowest BCUT2D eigenvalue weighted by Gasteiger charge is -2.45. The van der Waals surface area contributed by atoms with Crippen LogP contribution in [0, 0.1) is 5.41 Å². The van der Waals surface area contributed by atoms with Crippen LogP contribution in [0.3, 0.4) is 0 Å². The number of alkyl halides is 14. The second kappa shape index (κ2) is 7.26. The molecule has 0 amide bonds. The lowest BCUT2D eigenvalue weighted by atomic mass is 9.72. The molecule has 0 heterocycles. The third-order valence-corrected chi connectivity index (χ3v) is 3.59. The third kappa shape index (κ3) is 4.23. The van der Waals surface area contributed by atoms with Crippen molar-refractivity contribution in [1.82, 2.24) is 0 Å². The molecular weight excluding hydrogens is 473 g/mol. The molecule has 0 aliphatic carbocycles. The molecule has 0 aromatic carbocycles. The SMILES string of the molecule is FC(F)(F)C(F)(F)C(F)(F)C(CC(Cl)C=C(Cl)Cl)(C(F)(F)F)C(F)(F)F. The van der Waals surface area contributed by atoms with Gasteiger partial charge in [-0.3, -0.25) is 0 Å². The van der Waals surface area contributed by atoms with Crippen LogP contribution in [-0.2, 0) is 0 Å². The summed E-state index contributed by atoms with van der Waals surface area (Å²) in [6, 6.07) is 0. The maximum absolute atomic E-state index is 13.7. The van der Waals surface area contributed by atoms with E-state index in [1.54, 1.807) is 0 Å². The second-order valence-electron chi connectivity index (χ2n) is 4.72. The molecule has 0 aromatic rings. The van der Waals surface area contributed by atoms with Crippen molar-refractivity contribution < 1.29 is 57.1 Å². The van der Waals surface area contributed by atoms with Crippen LogP contribution < -0.4 is 0 Å². The number of rotatable bonds is 5. The van der Waals surface area contributed by atoms with Gasteiger partial charge in [0.1, 0.15) is 4.49 Å². The third-order valence-electron chi connectivity index (χ3n) is 3.06. The van der Waals surface area contributed by atoms with Gasteiger partial charge in [-0.25, -0.2) is 0 Å². The molecule has 0 saturated heterocycles. The summed E-state index contributed by atoms with van der Waals surface area (Å²) in [5.74, 6) is -15.4. The van der Waals surface area contributed by atoms with Crippen molar-refractivity contribution in [2.45, 2.75) is 42.2 Å². The van der Waals surface area contributed by atoms with Crippen LogP contribution in [0.25, 0.3) is 0 Å². The van der Waals surface area contributed by atoms with Crippen molar-refractivity contribution >= 4 is 34.8 Å². The zero-order valence-corrected chi connectivity index (χ0v) is 13.7. The minimum Gasteiger partial charge on any atom is -0.198 e. The normalized spacial score (nSPS) is 16.5. The van der Waals surface area contributed by atoms with Gasteiger partial charge >= 0.3 is 30.4 Å². The van der Waals surface area contributed by atoms with E-state index in [1.807, 2.05) is 0 Å². The Labute approximate surface area is 150 Å². The van der Waals surface area contributed by atoms with Gasteiger partial charge in [0.2, 0.25) is 5.41 Å². The van der Waals surface area contributed by atoms with Gasteiger partial charge in [-0.05, 0) is 12.5 Å². The highest BCUT2D eigenvalue weighted by Gasteiger charge is 2.91. The van der Waals surface area contributed by atoms with Crippen LogP contribution in [0.1, 0.15) is 6.42 Å². The van der Waals surface area contributed by atoms with Crippen molar-refractivity contribution in [1.29, 1.82) is 0 Å². The van der Waals surface area contributed by atoms with Gasteiger partial charge in [0.05, 0.1) is 5.38 Å². The molecule has 0 bridgehead atoms. The second-order valence-corrected chi connectivity index (χ2v) is 6.29. The molecule has 0 aromatic heterocycles. The Balaban J connectivity index is 6.91. The van der Waals surface area contributed by atoms with Crippen molar-refractivity contribution in [2.75, 3.05) is 0 Å².